The molecule has 0 fully saturated rings. The van der Waals surface area contributed by atoms with Crippen LogP contribution < -0.4 is 14.4 Å². The fourth-order valence-corrected chi connectivity index (χ4v) is 3.19. The molecular weight excluding hydrogens is 326 g/mol. The number of anilines is 1. The van der Waals surface area contributed by atoms with Crippen LogP contribution >= 0.6 is 11.3 Å². The summed E-state index contributed by atoms with van der Waals surface area (Å²) in [4.78, 5) is 20.4. The molecule has 24 heavy (non-hydrogen) atoms. The summed E-state index contributed by atoms with van der Waals surface area (Å²) in [7, 11) is 1.76. The van der Waals surface area contributed by atoms with Gasteiger partial charge in [0, 0.05) is 30.7 Å². The molecule has 2 heterocycles. The Hall–Kier alpha value is -2.12. The molecule has 0 atom stereocenters. The molecule has 6 nitrogen and oxygen atoms in total. The van der Waals surface area contributed by atoms with Gasteiger partial charge in [-0.05, 0) is 12.6 Å². The molecule has 0 aliphatic carbocycles. The largest absolute Gasteiger partial charge is 0.486 e. The molecular formula is C17H21N3O3S. The van der Waals surface area contributed by atoms with Crippen LogP contribution in [0.25, 0.3) is 0 Å². The van der Waals surface area contributed by atoms with Gasteiger partial charge < -0.3 is 9.47 Å². The number of fused-ring (bicyclic) bond motifs is 1. The Kier molecular flexibility index (Phi) is 5.32. The molecule has 1 aromatic heterocycles. The highest BCUT2D eigenvalue weighted by atomic mass is 32.1. The van der Waals surface area contributed by atoms with E-state index in [4.69, 9.17) is 9.47 Å². The second kappa shape index (κ2) is 7.63. The quantitative estimate of drug-likeness (QED) is 0.803. The van der Waals surface area contributed by atoms with E-state index in [1.165, 1.54) is 11.3 Å². The molecule has 0 bridgehead atoms. The van der Waals surface area contributed by atoms with Gasteiger partial charge in [-0.2, -0.15) is 0 Å². The average molecular weight is 347 g/mol. The SMILES string of the molecule is CCN(CC(=O)N(C)c1nccs1)Cc1cccc2c1OCCO2. The number of para-hydroxylation sites is 1. The van der Waals surface area contributed by atoms with E-state index in [0.717, 1.165) is 23.6 Å². The smallest absolute Gasteiger partial charge is 0.242 e. The number of carbonyl (C=O) groups excluding carboxylic acids is 1. The number of amides is 1. The fraction of sp³-hybridized carbons (Fsp3) is 0.412. The number of thiazole rings is 1. The number of likely N-dealkylation sites (N-methyl/N-ethyl adjacent to an activating group) is 2. The first-order valence-electron chi connectivity index (χ1n) is 7.95. The minimum atomic E-state index is 0.0220. The van der Waals surface area contributed by atoms with E-state index in [2.05, 4.69) is 9.88 Å². The summed E-state index contributed by atoms with van der Waals surface area (Å²) in [5.74, 6) is 1.60. The number of hydrogen-bond donors (Lipinski definition) is 0. The lowest BCUT2D eigenvalue weighted by Gasteiger charge is -2.26. The van der Waals surface area contributed by atoms with Gasteiger partial charge in [0.05, 0.1) is 6.54 Å². The van der Waals surface area contributed by atoms with Crippen molar-refractivity contribution in [3.8, 4) is 11.5 Å². The summed E-state index contributed by atoms with van der Waals surface area (Å²) in [6, 6.07) is 5.89. The second-order valence-electron chi connectivity index (χ2n) is 5.51. The predicted molar refractivity (Wildman–Crippen MR) is 93.9 cm³/mol. The fourth-order valence-electron chi connectivity index (χ4n) is 2.56. The molecule has 0 spiro atoms. The van der Waals surface area contributed by atoms with E-state index in [9.17, 15) is 4.79 Å². The molecule has 3 rings (SSSR count). The first kappa shape index (κ1) is 16.7. The van der Waals surface area contributed by atoms with Gasteiger partial charge in [-0.3, -0.25) is 14.6 Å². The van der Waals surface area contributed by atoms with Gasteiger partial charge in [0.1, 0.15) is 13.2 Å². The summed E-state index contributed by atoms with van der Waals surface area (Å²) in [6.07, 6.45) is 1.70. The molecule has 1 aliphatic rings. The van der Waals surface area contributed by atoms with Crippen LogP contribution in [0.1, 0.15) is 12.5 Å². The van der Waals surface area contributed by atoms with Gasteiger partial charge >= 0.3 is 0 Å². The van der Waals surface area contributed by atoms with E-state index < -0.39 is 0 Å². The van der Waals surface area contributed by atoms with Crippen LogP contribution in [-0.4, -0.2) is 49.1 Å². The molecule has 128 valence electrons. The van der Waals surface area contributed by atoms with Gasteiger partial charge in [-0.15, -0.1) is 11.3 Å². The first-order valence-corrected chi connectivity index (χ1v) is 8.83. The van der Waals surface area contributed by atoms with Crippen molar-refractivity contribution in [2.75, 3.05) is 38.3 Å². The van der Waals surface area contributed by atoms with Gasteiger partial charge in [0.2, 0.25) is 5.91 Å². The van der Waals surface area contributed by atoms with Crippen molar-refractivity contribution in [1.82, 2.24) is 9.88 Å². The van der Waals surface area contributed by atoms with Crippen molar-refractivity contribution in [2.45, 2.75) is 13.5 Å². The highest BCUT2D eigenvalue weighted by Crippen LogP contribution is 2.34. The van der Waals surface area contributed by atoms with Crippen molar-refractivity contribution < 1.29 is 14.3 Å². The Morgan fingerprint density at radius 2 is 2.17 bits per heavy atom. The van der Waals surface area contributed by atoms with Crippen LogP contribution in [-0.2, 0) is 11.3 Å². The summed E-state index contributed by atoms with van der Waals surface area (Å²) < 4.78 is 11.4. The van der Waals surface area contributed by atoms with Gasteiger partial charge in [-0.25, -0.2) is 4.98 Å². The topological polar surface area (TPSA) is 54.9 Å². The predicted octanol–water partition coefficient (Wildman–Crippen LogP) is 2.40. The normalized spacial score (nSPS) is 13.1. The molecule has 1 aromatic carbocycles. The minimum Gasteiger partial charge on any atom is -0.486 e. The molecule has 7 heteroatoms. The van der Waals surface area contributed by atoms with E-state index in [1.807, 2.05) is 30.5 Å². The van der Waals surface area contributed by atoms with Crippen LogP contribution in [0.4, 0.5) is 5.13 Å². The minimum absolute atomic E-state index is 0.0220. The molecule has 0 radical (unpaired) electrons. The molecule has 1 amide bonds. The number of aromatic nitrogens is 1. The average Bonchev–Trinajstić information content (AvgIpc) is 3.15. The van der Waals surface area contributed by atoms with Gasteiger partial charge in [0.25, 0.3) is 0 Å². The molecule has 0 saturated carbocycles. The summed E-state index contributed by atoms with van der Waals surface area (Å²) in [5, 5.41) is 2.58. The highest BCUT2D eigenvalue weighted by Gasteiger charge is 2.20. The molecule has 0 unspecified atom stereocenters. The second-order valence-corrected chi connectivity index (χ2v) is 6.39. The van der Waals surface area contributed by atoms with Gasteiger partial charge in [0.15, 0.2) is 16.6 Å². The monoisotopic (exact) mass is 347 g/mol. The number of ether oxygens (including phenoxy) is 2. The molecule has 1 aliphatic heterocycles. The zero-order valence-electron chi connectivity index (χ0n) is 13.9. The maximum absolute atomic E-state index is 12.5. The van der Waals surface area contributed by atoms with Crippen molar-refractivity contribution >= 4 is 22.4 Å². The lowest BCUT2D eigenvalue weighted by Crippen LogP contribution is -2.38. The number of nitrogens with zero attached hydrogens (tertiary/aromatic N) is 3. The molecule has 2 aromatic rings. The Labute approximate surface area is 145 Å². The Bertz CT molecular complexity index is 690. The van der Waals surface area contributed by atoms with Crippen molar-refractivity contribution in [3.05, 3.63) is 35.3 Å². The standard InChI is InChI=1S/C17H21N3O3S/c1-3-20(12-15(21)19(2)17-18-7-10-24-17)11-13-5-4-6-14-16(13)23-9-8-22-14/h4-7,10H,3,8-9,11-12H2,1-2H3. The third kappa shape index (κ3) is 3.68. The lowest BCUT2D eigenvalue weighted by molar-refractivity contribution is -0.119. The van der Waals surface area contributed by atoms with Crippen LogP contribution in [0.5, 0.6) is 11.5 Å². The number of benzene rings is 1. The zero-order chi connectivity index (χ0) is 16.9. The molecule has 0 saturated heterocycles. The van der Waals surface area contributed by atoms with Crippen LogP contribution in [0.15, 0.2) is 29.8 Å². The lowest BCUT2D eigenvalue weighted by atomic mass is 10.1. The number of hydrogen-bond acceptors (Lipinski definition) is 6. The number of carbonyl (C=O) groups is 1. The Morgan fingerprint density at radius 3 is 2.92 bits per heavy atom. The van der Waals surface area contributed by atoms with Crippen molar-refractivity contribution in [2.24, 2.45) is 0 Å². The van der Waals surface area contributed by atoms with Crippen LogP contribution in [0, 0.1) is 0 Å². The third-order valence-electron chi connectivity index (χ3n) is 3.93. The van der Waals surface area contributed by atoms with Crippen molar-refractivity contribution in [3.63, 3.8) is 0 Å². The maximum Gasteiger partial charge on any atom is 0.242 e. The first-order chi connectivity index (χ1) is 11.7. The Balaban J connectivity index is 1.68. The third-order valence-corrected chi connectivity index (χ3v) is 4.78. The van der Waals surface area contributed by atoms with E-state index in [1.54, 1.807) is 18.1 Å². The van der Waals surface area contributed by atoms with Crippen LogP contribution in [0.3, 0.4) is 0 Å². The number of rotatable bonds is 6. The molecule has 0 N–H and O–H groups in total. The summed E-state index contributed by atoms with van der Waals surface area (Å²) >= 11 is 1.46. The van der Waals surface area contributed by atoms with Crippen molar-refractivity contribution in [1.29, 1.82) is 0 Å². The summed E-state index contributed by atoms with van der Waals surface area (Å²) in [6.45, 7) is 4.91. The van der Waals surface area contributed by atoms with Gasteiger partial charge in [-0.1, -0.05) is 19.1 Å². The Morgan fingerprint density at radius 1 is 1.33 bits per heavy atom. The van der Waals surface area contributed by atoms with Crippen LogP contribution in [0.2, 0.25) is 0 Å². The highest BCUT2D eigenvalue weighted by molar-refractivity contribution is 7.13. The zero-order valence-corrected chi connectivity index (χ0v) is 14.7. The maximum atomic E-state index is 12.5. The summed E-state index contributed by atoms with van der Waals surface area (Å²) in [5.41, 5.74) is 1.04. The van der Waals surface area contributed by atoms with E-state index in [-0.39, 0.29) is 5.91 Å². The van der Waals surface area contributed by atoms with E-state index >= 15 is 0 Å². The van der Waals surface area contributed by atoms with E-state index in [0.29, 0.717) is 31.4 Å².